The number of nitriles is 2. The van der Waals surface area contributed by atoms with Gasteiger partial charge in [0.2, 0.25) is 0 Å². The molecule has 1 aromatic heterocycles. The van der Waals surface area contributed by atoms with Crippen molar-refractivity contribution < 1.29 is 4.39 Å². The number of nitrogen functional groups attached to an aromatic ring is 1. The molecule has 2 N–H and O–H groups in total. The number of nitrogens with zero attached hydrogens (tertiary/aromatic N) is 3. The summed E-state index contributed by atoms with van der Waals surface area (Å²) in [5, 5.41) is 19.6. The minimum Gasteiger partial charge on any atom is -0.383 e. The third-order valence-electron chi connectivity index (χ3n) is 3.59. The van der Waals surface area contributed by atoms with Crippen LogP contribution in [0.4, 0.5) is 10.2 Å². The monoisotopic (exact) mass is 380 g/mol. The van der Waals surface area contributed by atoms with Gasteiger partial charge in [-0.2, -0.15) is 10.5 Å². The second-order valence-corrected chi connectivity index (χ2v) is 6.63. The summed E-state index contributed by atoms with van der Waals surface area (Å²) < 4.78 is 14.5. The van der Waals surface area contributed by atoms with Crippen molar-refractivity contribution in [1.82, 2.24) is 4.98 Å². The van der Waals surface area contributed by atoms with Crippen molar-refractivity contribution in [3.63, 3.8) is 0 Å². The number of benzene rings is 2. The Morgan fingerprint density at radius 3 is 2.27 bits per heavy atom. The number of halogens is 2. The molecule has 0 fully saturated rings. The number of hydrogen-bond acceptors (Lipinski definition) is 5. The highest BCUT2D eigenvalue weighted by atomic mass is 35.5. The van der Waals surface area contributed by atoms with E-state index in [2.05, 4.69) is 4.98 Å². The SMILES string of the molecule is N#Cc1c(N)nc(Sc2ccccc2)c(C#N)c1-c1c(F)cccc1Cl. The van der Waals surface area contributed by atoms with Crippen molar-refractivity contribution in [3.8, 4) is 23.3 Å². The Hall–Kier alpha value is -3.06. The van der Waals surface area contributed by atoms with E-state index in [9.17, 15) is 14.9 Å². The van der Waals surface area contributed by atoms with Gasteiger partial charge in [0.25, 0.3) is 0 Å². The van der Waals surface area contributed by atoms with Crippen LogP contribution in [0.5, 0.6) is 0 Å². The Kier molecular flexibility index (Phi) is 5.09. The van der Waals surface area contributed by atoms with Crippen LogP contribution in [0, 0.1) is 28.5 Å². The van der Waals surface area contributed by atoms with Crippen LogP contribution >= 0.6 is 23.4 Å². The van der Waals surface area contributed by atoms with Crippen molar-refractivity contribution in [1.29, 1.82) is 10.5 Å². The standard InChI is InChI=1S/C19H10ClFN4S/c20-14-7-4-8-15(21)17(14)16-12(9-22)18(24)25-19(13(16)10-23)26-11-5-2-1-3-6-11/h1-8H,(H2,24,25). The van der Waals surface area contributed by atoms with Crippen molar-refractivity contribution in [2.75, 3.05) is 5.73 Å². The maximum atomic E-state index is 14.5. The molecule has 0 saturated heterocycles. The number of aromatic nitrogens is 1. The number of hydrogen-bond donors (Lipinski definition) is 1. The average Bonchev–Trinajstić information content (AvgIpc) is 2.62. The van der Waals surface area contributed by atoms with E-state index in [0.29, 0.717) is 0 Å². The first-order chi connectivity index (χ1) is 12.6. The van der Waals surface area contributed by atoms with E-state index in [4.69, 9.17) is 17.3 Å². The van der Waals surface area contributed by atoms with Crippen LogP contribution < -0.4 is 5.73 Å². The molecule has 0 aliphatic heterocycles. The molecule has 0 spiro atoms. The summed E-state index contributed by atoms with van der Waals surface area (Å²) in [6.07, 6.45) is 0. The Morgan fingerprint density at radius 2 is 1.65 bits per heavy atom. The summed E-state index contributed by atoms with van der Waals surface area (Å²) >= 11 is 7.36. The number of nitrogens with two attached hydrogens (primary N) is 1. The first-order valence-electron chi connectivity index (χ1n) is 7.37. The molecule has 0 radical (unpaired) electrons. The predicted octanol–water partition coefficient (Wildman–Crippen LogP) is 5.02. The minimum atomic E-state index is -0.647. The highest BCUT2D eigenvalue weighted by Crippen LogP contribution is 2.41. The van der Waals surface area contributed by atoms with Crippen molar-refractivity contribution in [2.24, 2.45) is 0 Å². The fourth-order valence-corrected chi connectivity index (χ4v) is 3.63. The van der Waals surface area contributed by atoms with E-state index in [1.54, 1.807) is 0 Å². The van der Waals surface area contributed by atoms with Crippen LogP contribution in [0.3, 0.4) is 0 Å². The number of rotatable bonds is 3. The van der Waals surface area contributed by atoms with Crippen LogP contribution in [0.15, 0.2) is 58.5 Å². The third-order valence-corrected chi connectivity index (χ3v) is 4.90. The minimum absolute atomic E-state index is 0.0359. The van der Waals surface area contributed by atoms with E-state index in [1.807, 2.05) is 42.5 Å². The molecule has 2 aromatic carbocycles. The molecule has 0 atom stereocenters. The topological polar surface area (TPSA) is 86.5 Å². The van der Waals surface area contributed by atoms with Crippen LogP contribution in [0.1, 0.15) is 11.1 Å². The molecule has 3 aromatic rings. The number of pyridine rings is 1. The van der Waals surface area contributed by atoms with Crippen LogP contribution in [-0.4, -0.2) is 4.98 Å². The molecule has 4 nitrogen and oxygen atoms in total. The largest absolute Gasteiger partial charge is 0.383 e. The highest BCUT2D eigenvalue weighted by Gasteiger charge is 2.24. The molecule has 3 rings (SSSR count). The van der Waals surface area contributed by atoms with E-state index >= 15 is 0 Å². The molecular weight excluding hydrogens is 371 g/mol. The molecule has 7 heteroatoms. The summed E-state index contributed by atoms with van der Waals surface area (Å²) in [5.74, 6) is -0.731. The molecular formula is C19H10ClFN4S. The first kappa shape index (κ1) is 17.8. The molecule has 0 aliphatic carbocycles. The lowest BCUT2D eigenvalue weighted by molar-refractivity contribution is 0.631. The molecule has 0 amide bonds. The van der Waals surface area contributed by atoms with Gasteiger partial charge in [0, 0.05) is 16.0 Å². The second kappa shape index (κ2) is 7.45. The van der Waals surface area contributed by atoms with E-state index in [-0.39, 0.29) is 38.1 Å². The number of anilines is 1. The normalized spacial score (nSPS) is 10.2. The lowest BCUT2D eigenvalue weighted by Crippen LogP contribution is -2.04. The maximum Gasteiger partial charge on any atom is 0.143 e. The fraction of sp³-hybridized carbons (Fsp3) is 0. The van der Waals surface area contributed by atoms with Crippen molar-refractivity contribution in [2.45, 2.75) is 9.92 Å². The van der Waals surface area contributed by atoms with Gasteiger partial charge in [-0.3, -0.25) is 0 Å². The van der Waals surface area contributed by atoms with Gasteiger partial charge in [-0.1, -0.05) is 47.6 Å². The van der Waals surface area contributed by atoms with Crippen molar-refractivity contribution >= 4 is 29.2 Å². The molecule has 0 aliphatic rings. The van der Waals surface area contributed by atoms with Gasteiger partial charge in [-0.25, -0.2) is 9.37 Å². The van der Waals surface area contributed by atoms with Gasteiger partial charge in [0.05, 0.1) is 10.6 Å². The van der Waals surface area contributed by atoms with Crippen molar-refractivity contribution in [3.05, 3.63) is 70.5 Å². The summed E-state index contributed by atoms with van der Waals surface area (Å²) in [6, 6.07) is 17.3. The Balaban J connectivity index is 2.33. The summed E-state index contributed by atoms with van der Waals surface area (Å²) in [4.78, 5) is 5.01. The van der Waals surface area contributed by atoms with E-state index < -0.39 is 5.82 Å². The Morgan fingerprint density at radius 1 is 0.962 bits per heavy atom. The lowest BCUT2D eigenvalue weighted by atomic mass is 9.96. The average molecular weight is 381 g/mol. The summed E-state index contributed by atoms with van der Waals surface area (Å²) in [7, 11) is 0. The Labute approximate surface area is 158 Å². The molecule has 26 heavy (non-hydrogen) atoms. The van der Waals surface area contributed by atoms with Crippen LogP contribution in [0.25, 0.3) is 11.1 Å². The smallest absolute Gasteiger partial charge is 0.143 e. The van der Waals surface area contributed by atoms with E-state index in [1.165, 1.54) is 30.0 Å². The molecule has 0 bridgehead atoms. The van der Waals surface area contributed by atoms with Gasteiger partial charge >= 0.3 is 0 Å². The van der Waals surface area contributed by atoms with Gasteiger partial charge in [-0.05, 0) is 24.3 Å². The zero-order valence-electron chi connectivity index (χ0n) is 13.2. The fourth-order valence-electron chi connectivity index (χ4n) is 2.46. The Bertz CT molecular complexity index is 1050. The zero-order valence-corrected chi connectivity index (χ0v) is 14.8. The predicted molar refractivity (Wildman–Crippen MR) is 99.0 cm³/mol. The van der Waals surface area contributed by atoms with E-state index in [0.717, 1.165) is 4.90 Å². The second-order valence-electron chi connectivity index (χ2n) is 5.16. The summed E-state index contributed by atoms with van der Waals surface area (Å²) in [6.45, 7) is 0. The van der Waals surface area contributed by atoms with Gasteiger partial charge in [0.1, 0.15) is 34.4 Å². The van der Waals surface area contributed by atoms with Gasteiger partial charge < -0.3 is 5.73 Å². The molecule has 126 valence electrons. The van der Waals surface area contributed by atoms with Crippen LogP contribution in [-0.2, 0) is 0 Å². The first-order valence-corrected chi connectivity index (χ1v) is 8.57. The third kappa shape index (κ3) is 3.21. The lowest BCUT2D eigenvalue weighted by Gasteiger charge is -2.14. The quantitative estimate of drug-likeness (QED) is 0.689. The molecule has 0 saturated carbocycles. The van der Waals surface area contributed by atoms with Gasteiger partial charge in [0.15, 0.2) is 0 Å². The van der Waals surface area contributed by atoms with Crippen LogP contribution in [0.2, 0.25) is 5.02 Å². The molecule has 0 unspecified atom stereocenters. The summed E-state index contributed by atoms with van der Waals surface area (Å²) in [5.41, 5.74) is 5.92. The van der Waals surface area contributed by atoms with Gasteiger partial charge in [-0.15, -0.1) is 0 Å². The zero-order chi connectivity index (χ0) is 18.7. The molecule has 1 heterocycles. The highest BCUT2D eigenvalue weighted by molar-refractivity contribution is 7.99. The maximum absolute atomic E-state index is 14.5.